The van der Waals surface area contributed by atoms with Crippen molar-refractivity contribution < 1.29 is 33.0 Å². The fourth-order valence-electron chi connectivity index (χ4n) is 3.68. The number of esters is 2. The van der Waals surface area contributed by atoms with Crippen molar-refractivity contribution in [2.45, 2.75) is 65.6 Å². The predicted molar refractivity (Wildman–Crippen MR) is 113 cm³/mol. The molecule has 2 aromatic rings. The number of ether oxygens (including phenoxy) is 4. The summed E-state index contributed by atoms with van der Waals surface area (Å²) in [7, 11) is 0. The van der Waals surface area contributed by atoms with Crippen LogP contribution in [0.4, 0.5) is 0 Å². The van der Waals surface area contributed by atoms with Gasteiger partial charge >= 0.3 is 17.6 Å². The normalized spacial score (nSPS) is 15.0. The topological polar surface area (TPSA) is 101 Å². The van der Waals surface area contributed by atoms with Crippen LogP contribution in [0.2, 0.25) is 0 Å². The van der Waals surface area contributed by atoms with Gasteiger partial charge in [0.05, 0.1) is 18.6 Å². The zero-order valence-corrected chi connectivity index (χ0v) is 18.3. The predicted octanol–water partition coefficient (Wildman–Crippen LogP) is 3.33. The van der Waals surface area contributed by atoms with E-state index in [9.17, 15) is 14.4 Å². The average Bonchev–Trinajstić information content (AvgIpc) is 2.74. The highest BCUT2D eigenvalue weighted by atomic mass is 16.6. The molecule has 1 aliphatic rings. The van der Waals surface area contributed by atoms with Gasteiger partial charge in [-0.25, -0.2) is 14.4 Å². The van der Waals surface area contributed by atoms with Crippen molar-refractivity contribution in [1.82, 2.24) is 0 Å². The molecule has 2 atom stereocenters. The second-order valence-electron chi connectivity index (χ2n) is 7.37. The van der Waals surface area contributed by atoms with Crippen molar-refractivity contribution >= 4 is 22.9 Å². The van der Waals surface area contributed by atoms with E-state index in [1.54, 1.807) is 39.8 Å². The summed E-state index contributed by atoms with van der Waals surface area (Å²) in [4.78, 5) is 36.6. The third-order valence-corrected chi connectivity index (χ3v) is 5.11. The minimum Gasteiger partial charge on any atom is -0.479 e. The van der Waals surface area contributed by atoms with Crippen LogP contribution in [0.3, 0.4) is 0 Å². The fraction of sp³-hybridized carbons (Fsp3) is 0.522. The molecule has 0 N–H and O–H groups in total. The van der Waals surface area contributed by atoms with Gasteiger partial charge in [0.15, 0.2) is 12.2 Å². The maximum Gasteiger partial charge on any atom is 0.347 e. The van der Waals surface area contributed by atoms with Crippen molar-refractivity contribution in [2.24, 2.45) is 0 Å². The smallest absolute Gasteiger partial charge is 0.347 e. The molecule has 1 aromatic heterocycles. The molecule has 8 nitrogen and oxygen atoms in total. The number of hydrogen-bond acceptors (Lipinski definition) is 8. The van der Waals surface area contributed by atoms with E-state index in [1.165, 1.54) is 0 Å². The molecule has 0 saturated heterocycles. The van der Waals surface area contributed by atoms with Gasteiger partial charge in [-0.1, -0.05) is 0 Å². The third-order valence-electron chi connectivity index (χ3n) is 5.11. The largest absolute Gasteiger partial charge is 0.479 e. The Hall–Kier alpha value is -3.03. The maximum atomic E-state index is 12.5. The molecule has 0 radical (unpaired) electrons. The summed E-state index contributed by atoms with van der Waals surface area (Å²) in [6.07, 6.45) is 1.44. The van der Waals surface area contributed by atoms with E-state index < -0.39 is 24.1 Å². The highest BCUT2D eigenvalue weighted by Crippen LogP contribution is 2.37. The summed E-state index contributed by atoms with van der Waals surface area (Å²) in [5, 5.41) is 0.640. The second-order valence-corrected chi connectivity index (χ2v) is 7.37. The van der Waals surface area contributed by atoms with Gasteiger partial charge in [-0.2, -0.15) is 0 Å². The molecular weight excluding hydrogens is 404 g/mol. The van der Waals surface area contributed by atoms with Gasteiger partial charge in [-0.05, 0) is 58.9 Å². The standard InChI is InChI=1S/C23H28O8/c1-5-27-21(24)13(3)29-15-11-18(30-14(4)22(25)28-6-2)20-16-9-7-8-10-17(16)23(26)31-19(20)12-15/h11-14H,5-10H2,1-4H3/t13-,14-/m0/s1. The monoisotopic (exact) mass is 432 g/mol. The Kier molecular flexibility index (Phi) is 7.20. The molecule has 168 valence electrons. The molecule has 0 bridgehead atoms. The Morgan fingerprint density at radius 3 is 2.13 bits per heavy atom. The summed E-state index contributed by atoms with van der Waals surface area (Å²) < 4.78 is 27.3. The first kappa shape index (κ1) is 22.7. The van der Waals surface area contributed by atoms with Crippen molar-refractivity contribution in [3.63, 3.8) is 0 Å². The van der Waals surface area contributed by atoms with Crippen LogP contribution >= 0.6 is 0 Å². The van der Waals surface area contributed by atoms with Gasteiger partial charge in [0.1, 0.15) is 17.1 Å². The highest BCUT2D eigenvalue weighted by Gasteiger charge is 2.25. The lowest BCUT2D eigenvalue weighted by molar-refractivity contribution is -0.151. The Balaban J connectivity index is 2.08. The summed E-state index contributed by atoms with van der Waals surface area (Å²) in [5.74, 6) is -0.422. The number of aryl methyl sites for hydroxylation is 1. The van der Waals surface area contributed by atoms with Crippen molar-refractivity contribution in [1.29, 1.82) is 0 Å². The summed E-state index contributed by atoms with van der Waals surface area (Å²) in [5.41, 5.74) is 1.40. The minimum absolute atomic E-state index is 0.233. The lowest BCUT2D eigenvalue weighted by Crippen LogP contribution is -2.27. The molecule has 0 aliphatic heterocycles. The molecule has 3 rings (SSSR count). The van der Waals surface area contributed by atoms with Crippen molar-refractivity contribution in [3.8, 4) is 11.5 Å². The van der Waals surface area contributed by atoms with Crippen LogP contribution in [0.5, 0.6) is 11.5 Å². The van der Waals surface area contributed by atoms with Gasteiger partial charge in [-0.15, -0.1) is 0 Å². The molecule has 0 unspecified atom stereocenters. The second kappa shape index (κ2) is 9.85. The first-order valence-corrected chi connectivity index (χ1v) is 10.6. The van der Waals surface area contributed by atoms with E-state index in [4.69, 9.17) is 23.4 Å². The van der Waals surface area contributed by atoms with Gasteiger partial charge in [0, 0.05) is 17.7 Å². The molecule has 0 saturated carbocycles. The van der Waals surface area contributed by atoms with Crippen molar-refractivity contribution in [3.05, 3.63) is 33.7 Å². The van der Waals surface area contributed by atoms with E-state index in [-0.39, 0.29) is 30.2 Å². The SMILES string of the molecule is CCOC(=O)[C@H](C)Oc1cc(O[C@@H](C)C(=O)OCC)c2c3c(c(=O)oc2c1)CCCC3. The zero-order chi connectivity index (χ0) is 22.5. The first-order valence-electron chi connectivity index (χ1n) is 10.6. The summed E-state index contributed by atoms with van der Waals surface area (Å²) in [6.45, 7) is 7.04. The molecule has 1 aliphatic carbocycles. The lowest BCUT2D eigenvalue weighted by atomic mass is 9.90. The minimum atomic E-state index is -0.882. The molecule has 31 heavy (non-hydrogen) atoms. The molecule has 8 heteroatoms. The third kappa shape index (κ3) is 5.00. The molecular formula is C23H28O8. The number of fused-ring (bicyclic) bond motifs is 3. The number of carbonyl (C=O) groups excluding carboxylic acids is 2. The van der Waals surface area contributed by atoms with Gasteiger partial charge in [0.25, 0.3) is 0 Å². The van der Waals surface area contributed by atoms with Crippen LogP contribution in [-0.4, -0.2) is 37.4 Å². The fourth-order valence-corrected chi connectivity index (χ4v) is 3.68. The quantitative estimate of drug-likeness (QED) is 0.462. The van der Waals surface area contributed by atoms with Crippen LogP contribution in [-0.2, 0) is 31.9 Å². The average molecular weight is 432 g/mol. The molecule has 1 heterocycles. The Morgan fingerprint density at radius 1 is 0.935 bits per heavy atom. The highest BCUT2D eigenvalue weighted by molar-refractivity contribution is 5.90. The first-order chi connectivity index (χ1) is 14.8. The molecule has 0 amide bonds. The Bertz CT molecular complexity index is 1020. The molecule has 0 fully saturated rings. The number of carbonyl (C=O) groups is 2. The maximum absolute atomic E-state index is 12.5. The Morgan fingerprint density at radius 2 is 1.52 bits per heavy atom. The zero-order valence-electron chi connectivity index (χ0n) is 18.3. The van der Waals surface area contributed by atoms with Crippen LogP contribution < -0.4 is 15.1 Å². The van der Waals surface area contributed by atoms with E-state index in [1.807, 2.05) is 0 Å². The van der Waals surface area contributed by atoms with E-state index in [2.05, 4.69) is 0 Å². The van der Waals surface area contributed by atoms with E-state index in [0.29, 0.717) is 29.5 Å². The molecule has 0 spiro atoms. The van der Waals surface area contributed by atoms with Gasteiger partial charge in [0.2, 0.25) is 0 Å². The van der Waals surface area contributed by atoms with Crippen LogP contribution in [0.25, 0.3) is 11.0 Å². The summed E-state index contributed by atoms with van der Waals surface area (Å²) >= 11 is 0. The Labute approximate surface area is 180 Å². The van der Waals surface area contributed by atoms with Crippen molar-refractivity contribution in [2.75, 3.05) is 13.2 Å². The van der Waals surface area contributed by atoms with Crippen LogP contribution in [0, 0.1) is 0 Å². The van der Waals surface area contributed by atoms with E-state index in [0.717, 1.165) is 18.4 Å². The van der Waals surface area contributed by atoms with Crippen LogP contribution in [0.15, 0.2) is 21.3 Å². The van der Waals surface area contributed by atoms with Crippen LogP contribution in [0.1, 0.15) is 51.7 Å². The summed E-state index contributed by atoms with van der Waals surface area (Å²) in [6, 6.07) is 3.16. The van der Waals surface area contributed by atoms with E-state index >= 15 is 0 Å². The van der Waals surface area contributed by atoms with Gasteiger partial charge in [-0.3, -0.25) is 0 Å². The molecule has 1 aromatic carbocycles. The lowest BCUT2D eigenvalue weighted by Gasteiger charge is -2.21. The number of hydrogen-bond donors (Lipinski definition) is 0. The number of benzene rings is 1. The van der Waals surface area contributed by atoms with Gasteiger partial charge < -0.3 is 23.4 Å². The number of rotatable bonds is 8.